The van der Waals surface area contributed by atoms with Gasteiger partial charge in [0.15, 0.2) is 0 Å². The molecule has 1 fully saturated rings. The molecule has 0 amide bonds. The second kappa shape index (κ2) is 7.49. The van der Waals surface area contributed by atoms with E-state index in [2.05, 4.69) is 18.2 Å². The normalized spacial score (nSPS) is 26.7. The van der Waals surface area contributed by atoms with Gasteiger partial charge in [-0.2, -0.15) is 0 Å². The fraction of sp³-hybridized carbons (Fsp3) is 0.550. The van der Waals surface area contributed by atoms with E-state index < -0.39 is 0 Å². The van der Waals surface area contributed by atoms with Crippen LogP contribution in [0.1, 0.15) is 37.7 Å². The summed E-state index contributed by atoms with van der Waals surface area (Å²) in [4.78, 5) is 12.6. The van der Waals surface area contributed by atoms with Crippen LogP contribution in [-0.2, 0) is 20.7 Å². The molecule has 1 aromatic rings. The minimum absolute atomic E-state index is 0.214. The Hall–Kier alpha value is -1.65. The molecule has 1 aromatic carbocycles. The summed E-state index contributed by atoms with van der Waals surface area (Å²) in [5.41, 5.74) is 2.27. The molecule has 3 rings (SSSR count). The molecule has 4 heteroatoms. The number of hydrogen-bond donors (Lipinski definition) is 0. The molecule has 2 aliphatic rings. The first-order chi connectivity index (χ1) is 11.7. The van der Waals surface area contributed by atoms with Crippen LogP contribution in [0.3, 0.4) is 0 Å². The molecule has 0 aliphatic heterocycles. The summed E-state index contributed by atoms with van der Waals surface area (Å²) in [5, 5.41) is 0. The maximum atomic E-state index is 12.6. The number of Topliss-reactive ketones (excluding diaryl/α,β-unsaturated/α-hetero) is 1. The van der Waals surface area contributed by atoms with Crippen LogP contribution in [0.25, 0.3) is 0 Å². The van der Waals surface area contributed by atoms with Crippen LogP contribution < -0.4 is 4.74 Å². The number of ether oxygens (including phenoxy) is 3. The Bertz CT molecular complexity index is 595. The van der Waals surface area contributed by atoms with Crippen LogP contribution in [0.15, 0.2) is 35.9 Å². The number of benzene rings is 1. The fourth-order valence-electron chi connectivity index (χ4n) is 4.01. The van der Waals surface area contributed by atoms with E-state index in [0.717, 1.165) is 37.9 Å². The Morgan fingerprint density at radius 1 is 1.12 bits per heavy atom. The SMILES string of the molecule is COCOC1CCC2(CC1)C(=O)CC=C2Cc1ccc(OC)cc1. The van der Waals surface area contributed by atoms with Gasteiger partial charge in [0.2, 0.25) is 0 Å². The molecular formula is C20H26O4. The molecule has 1 saturated carbocycles. The highest BCUT2D eigenvalue weighted by molar-refractivity contribution is 5.92. The Morgan fingerprint density at radius 3 is 2.46 bits per heavy atom. The minimum atomic E-state index is -0.257. The zero-order valence-electron chi connectivity index (χ0n) is 14.5. The van der Waals surface area contributed by atoms with Crippen molar-refractivity contribution >= 4 is 5.78 Å². The van der Waals surface area contributed by atoms with E-state index in [-0.39, 0.29) is 11.5 Å². The van der Waals surface area contributed by atoms with Gasteiger partial charge >= 0.3 is 0 Å². The molecule has 2 aliphatic carbocycles. The molecule has 0 saturated heterocycles. The highest BCUT2D eigenvalue weighted by atomic mass is 16.7. The maximum absolute atomic E-state index is 12.6. The summed E-state index contributed by atoms with van der Waals surface area (Å²) in [5.74, 6) is 1.25. The average molecular weight is 330 g/mol. The number of carbonyl (C=O) groups is 1. The summed E-state index contributed by atoms with van der Waals surface area (Å²) >= 11 is 0. The number of ketones is 1. The van der Waals surface area contributed by atoms with Gasteiger partial charge in [-0.05, 0) is 49.8 Å². The molecule has 0 aromatic heterocycles. The van der Waals surface area contributed by atoms with Crippen molar-refractivity contribution in [3.8, 4) is 5.75 Å². The van der Waals surface area contributed by atoms with Crippen molar-refractivity contribution in [2.75, 3.05) is 21.0 Å². The highest BCUT2D eigenvalue weighted by Gasteiger charge is 2.46. The van der Waals surface area contributed by atoms with Gasteiger partial charge in [0, 0.05) is 13.5 Å². The van der Waals surface area contributed by atoms with Crippen LogP contribution in [0, 0.1) is 5.41 Å². The van der Waals surface area contributed by atoms with Crippen LogP contribution in [0.2, 0.25) is 0 Å². The molecule has 24 heavy (non-hydrogen) atoms. The molecule has 0 atom stereocenters. The number of allylic oxidation sites excluding steroid dienone is 2. The van der Waals surface area contributed by atoms with Gasteiger partial charge in [-0.3, -0.25) is 4.79 Å². The lowest BCUT2D eigenvalue weighted by Crippen LogP contribution is -2.37. The Balaban J connectivity index is 1.68. The van der Waals surface area contributed by atoms with Crippen LogP contribution >= 0.6 is 0 Å². The van der Waals surface area contributed by atoms with Gasteiger partial charge in [-0.15, -0.1) is 0 Å². The maximum Gasteiger partial charge on any atom is 0.146 e. The van der Waals surface area contributed by atoms with E-state index in [0.29, 0.717) is 19.0 Å². The van der Waals surface area contributed by atoms with E-state index in [9.17, 15) is 4.79 Å². The van der Waals surface area contributed by atoms with Crippen molar-refractivity contribution < 1.29 is 19.0 Å². The molecule has 0 radical (unpaired) electrons. The number of carbonyl (C=O) groups excluding carboxylic acids is 1. The third-order valence-corrected chi connectivity index (χ3v) is 5.44. The van der Waals surface area contributed by atoms with Gasteiger partial charge in [0.1, 0.15) is 18.3 Å². The van der Waals surface area contributed by atoms with Crippen LogP contribution in [-0.4, -0.2) is 32.9 Å². The third-order valence-electron chi connectivity index (χ3n) is 5.44. The Morgan fingerprint density at radius 2 is 1.83 bits per heavy atom. The molecule has 1 spiro atoms. The fourth-order valence-corrected chi connectivity index (χ4v) is 4.01. The van der Waals surface area contributed by atoms with Crippen LogP contribution in [0.5, 0.6) is 5.75 Å². The van der Waals surface area contributed by atoms with Gasteiger partial charge in [-0.25, -0.2) is 0 Å². The molecule has 0 bridgehead atoms. The van der Waals surface area contributed by atoms with E-state index in [4.69, 9.17) is 14.2 Å². The predicted molar refractivity (Wildman–Crippen MR) is 92.1 cm³/mol. The number of rotatable bonds is 6. The van der Waals surface area contributed by atoms with Gasteiger partial charge in [0.25, 0.3) is 0 Å². The molecule has 4 nitrogen and oxygen atoms in total. The standard InChI is InChI=1S/C20H26O4/c1-22-14-24-18-9-11-20(12-10-18)16(5-8-19(20)21)13-15-3-6-17(23-2)7-4-15/h3-7,18H,8-14H2,1-2H3. The Kier molecular flexibility index (Phi) is 5.36. The molecule has 0 unspecified atom stereocenters. The first-order valence-corrected chi connectivity index (χ1v) is 8.64. The first kappa shape index (κ1) is 17.2. The van der Waals surface area contributed by atoms with Crippen molar-refractivity contribution in [2.24, 2.45) is 5.41 Å². The lowest BCUT2D eigenvalue weighted by Gasteiger charge is -2.38. The van der Waals surface area contributed by atoms with E-state index in [1.165, 1.54) is 11.1 Å². The topological polar surface area (TPSA) is 44.8 Å². The van der Waals surface area contributed by atoms with Gasteiger partial charge < -0.3 is 14.2 Å². The van der Waals surface area contributed by atoms with Crippen molar-refractivity contribution in [1.29, 1.82) is 0 Å². The first-order valence-electron chi connectivity index (χ1n) is 8.64. The van der Waals surface area contributed by atoms with Crippen molar-refractivity contribution in [3.05, 3.63) is 41.5 Å². The lowest BCUT2D eigenvalue weighted by atomic mass is 9.67. The van der Waals surface area contributed by atoms with Crippen LogP contribution in [0.4, 0.5) is 0 Å². The zero-order chi connectivity index (χ0) is 17.0. The quantitative estimate of drug-likeness (QED) is 0.589. The molecule has 0 N–H and O–H groups in total. The smallest absolute Gasteiger partial charge is 0.146 e. The predicted octanol–water partition coefficient (Wildman–Crippen LogP) is 3.69. The monoisotopic (exact) mass is 330 g/mol. The second-order valence-corrected chi connectivity index (χ2v) is 6.74. The number of hydrogen-bond acceptors (Lipinski definition) is 4. The van der Waals surface area contributed by atoms with Gasteiger partial charge in [0.05, 0.1) is 18.6 Å². The van der Waals surface area contributed by atoms with Gasteiger partial charge in [-0.1, -0.05) is 23.8 Å². The summed E-state index contributed by atoms with van der Waals surface area (Å²) in [6.45, 7) is 0.333. The summed E-state index contributed by atoms with van der Waals surface area (Å²) in [6.07, 6.45) is 7.43. The average Bonchev–Trinajstić information content (AvgIpc) is 2.91. The molecule has 0 heterocycles. The summed E-state index contributed by atoms with van der Waals surface area (Å²) < 4.78 is 15.9. The summed E-state index contributed by atoms with van der Waals surface area (Å²) in [7, 11) is 3.31. The van der Waals surface area contributed by atoms with E-state index in [1.807, 2.05) is 12.1 Å². The van der Waals surface area contributed by atoms with E-state index >= 15 is 0 Å². The largest absolute Gasteiger partial charge is 0.497 e. The highest BCUT2D eigenvalue weighted by Crippen LogP contribution is 2.49. The van der Waals surface area contributed by atoms with E-state index in [1.54, 1.807) is 14.2 Å². The zero-order valence-corrected chi connectivity index (χ0v) is 14.5. The Labute approximate surface area is 143 Å². The lowest BCUT2D eigenvalue weighted by molar-refractivity contribution is -0.130. The van der Waals surface area contributed by atoms with Crippen molar-refractivity contribution in [3.63, 3.8) is 0 Å². The molecular weight excluding hydrogens is 304 g/mol. The number of methoxy groups -OCH3 is 2. The third kappa shape index (κ3) is 3.40. The van der Waals surface area contributed by atoms with Crippen molar-refractivity contribution in [1.82, 2.24) is 0 Å². The minimum Gasteiger partial charge on any atom is -0.497 e. The summed E-state index contributed by atoms with van der Waals surface area (Å²) in [6, 6.07) is 8.14. The second-order valence-electron chi connectivity index (χ2n) is 6.74. The van der Waals surface area contributed by atoms with Crippen molar-refractivity contribution in [2.45, 2.75) is 44.6 Å². The molecule has 130 valence electrons.